The van der Waals surface area contributed by atoms with Gasteiger partial charge in [0.1, 0.15) is 0 Å². The Hall–Kier alpha value is -2.18. The Morgan fingerprint density at radius 2 is 1.62 bits per heavy atom. The minimum Gasteiger partial charge on any atom is -0.368 e. The lowest BCUT2D eigenvalue weighted by Crippen LogP contribution is -2.49. The maximum atomic E-state index is 12.8. The molecule has 4 atom stereocenters. The fourth-order valence-corrected chi connectivity index (χ4v) is 6.70. The smallest absolute Gasteiger partial charge is 0.233 e. The number of carbonyl (C=O) groups is 2. The number of hydrogen-bond acceptors (Lipinski definition) is 5. The molecular formula is C23H25N3O2S. The van der Waals surface area contributed by atoms with Crippen molar-refractivity contribution in [3.8, 4) is 0 Å². The van der Waals surface area contributed by atoms with E-state index < -0.39 is 0 Å². The summed E-state index contributed by atoms with van der Waals surface area (Å²) in [7, 11) is 0. The summed E-state index contributed by atoms with van der Waals surface area (Å²) >= 11 is 1.79. The second-order valence-corrected chi connectivity index (χ2v) is 9.71. The molecule has 150 valence electrons. The van der Waals surface area contributed by atoms with Crippen LogP contribution in [-0.2, 0) is 9.59 Å². The van der Waals surface area contributed by atoms with Crippen LogP contribution in [0.5, 0.6) is 0 Å². The molecule has 2 aromatic rings. The molecular weight excluding hydrogens is 382 g/mol. The van der Waals surface area contributed by atoms with E-state index in [0.717, 1.165) is 39.1 Å². The Balaban J connectivity index is 1.07. The predicted octanol–water partition coefficient (Wildman–Crippen LogP) is 2.83. The van der Waals surface area contributed by atoms with Gasteiger partial charge in [-0.3, -0.25) is 19.4 Å². The Morgan fingerprint density at radius 3 is 2.34 bits per heavy atom. The number of thiophene rings is 1. The van der Waals surface area contributed by atoms with E-state index in [-0.39, 0.29) is 23.7 Å². The largest absolute Gasteiger partial charge is 0.368 e. The minimum atomic E-state index is -0.0690. The van der Waals surface area contributed by atoms with Crippen LogP contribution in [-0.4, -0.2) is 60.9 Å². The minimum absolute atomic E-state index is 0.0690. The number of carbonyl (C=O) groups excluding carboxylic acids is 2. The topological polar surface area (TPSA) is 43.9 Å². The molecule has 6 heteroatoms. The van der Waals surface area contributed by atoms with Crippen LogP contribution in [0.3, 0.4) is 0 Å². The van der Waals surface area contributed by atoms with Crippen LogP contribution in [0.15, 0.2) is 41.8 Å². The van der Waals surface area contributed by atoms with Crippen LogP contribution in [0.1, 0.15) is 6.42 Å². The highest BCUT2D eigenvalue weighted by Gasteiger charge is 2.59. The number of likely N-dealkylation sites (tertiary alicyclic amines) is 1. The van der Waals surface area contributed by atoms with Crippen molar-refractivity contribution >= 4 is 38.9 Å². The zero-order valence-electron chi connectivity index (χ0n) is 16.4. The van der Waals surface area contributed by atoms with Crippen LogP contribution in [0, 0.1) is 23.7 Å². The van der Waals surface area contributed by atoms with E-state index >= 15 is 0 Å². The molecule has 1 aromatic carbocycles. The summed E-state index contributed by atoms with van der Waals surface area (Å²) in [6.45, 7) is 5.24. The van der Waals surface area contributed by atoms with Gasteiger partial charge in [0.15, 0.2) is 0 Å². The fraction of sp³-hybridized carbons (Fsp3) is 0.478. The monoisotopic (exact) mass is 407 g/mol. The molecule has 2 amide bonds. The molecule has 1 aromatic heterocycles. The average molecular weight is 408 g/mol. The SMILES string of the molecule is O=C1[C@@H]2[C@H](C(=O)N1CCN1CCN(c3cccc4sccc34)CC1)[C@H]1C=C[C@@H]2C1. The number of imide groups is 1. The number of fused-ring (bicyclic) bond motifs is 6. The third kappa shape index (κ3) is 2.69. The van der Waals surface area contributed by atoms with Gasteiger partial charge in [-0.2, -0.15) is 0 Å². The van der Waals surface area contributed by atoms with Crippen LogP contribution in [0.2, 0.25) is 0 Å². The first kappa shape index (κ1) is 17.7. The van der Waals surface area contributed by atoms with Gasteiger partial charge in [-0.25, -0.2) is 0 Å². The Labute approximate surface area is 174 Å². The Kier molecular flexibility index (Phi) is 4.06. The molecule has 4 aliphatic rings. The summed E-state index contributed by atoms with van der Waals surface area (Å²) in [4.78, 5) is 32.1. The molecule has 0 radical (unpaired) electrons. The van der Waals surface area contributed by atoms with Gasteiger partial charge in [0.2, 0.25) is 11.8 Å². The van der Waals surface area contributed by atoms with E-state index in [2.05, 4.69) is 51.6 Å². The highest BCUT2D eigenvalue weighted by molar-refractivity contribution is 7.17. The molecule has 29 heavy (non-hydrogen) atoms. The lowest BCUT2D eigenvalue weighted by Gasteiger charge is -2.37. The zero-order chi connectivity index (χ0) is 19.5. The molecule has 2 aliphatic heterocycles. The first-order valence-electron chi connectivity index (χ1n) is 10.7. The van der Waals surface area contributed by atoms with Crippen molar-refractivity contribution in [3.05, 3.63) is 41.8 Å². The number of amides is 2. The van der Waals surface area contributed by atoms with Crippen molar-refractivity contribution < 1.29 is 9.59 Å². The van der Waals surface area contributed by atoms with Crippen molar-refractivity contribution in [1.29, 1.82) is 0 Å². The highest BCUT2D eigenvalue weighted by atomic mass is 32.1. The van der Waals surface area contributed by atoms with Crippen LogP contribution in [0.4, 0.5) is 5.69 Å². The summed E-state index contributed by atoms with van der Waals surface area (Å²) in [6, 6.07) is 8.75. The summed E-state index contributed by atoms with van der Waals surface area (Å²) in [5.41, 5.74) is 1.32. The van der Waals surface area contributed by atoms with Gasteiger partial charge in [-0.15, -0.1) is 11.3 Å². The number of rotatable bonds is 4. The molecule has 3 fully saturated rings. The molecule has 3 heterocycles. The van der Waals surface area contributed by atoms with Gasteiger partial charge in [-0.05, 0) is 41.8 Å². The van der Waals surface area contributed by atoms with Crippen molar-refractivity contribution in [3.63, 3.8) is 0 Å². The van der Waals surface area contributed by atoms with Crippen LogP contribution < -0.4 is 4.90 Å². The highest BCUT2D eigenvalue weighted by Crippen LogP contribution is 2.52. The first-order chi connectivity index (χ1) is 14.2. The average Bonchev–Trinajstić information content (AvgIpc) is 3.51. The van der Waals surface area contributed by atoms with E-state index in [9.17, 15) is 9.59 Å². The number of piperazine rings is 1. The maximum absolute atomic E-state index is 12.8. The molecule has 1 saturated carbocycles. The van der Waals surface area contributed by atoms with E-state index in [1.165, 1.54) is 15.8 Å². The van der Waals surface area contributed by atoms with Gasteiger partial charge in [0, 0.05) is 55.0 Å². The molecule has 0 spiro atoms. The lowest BCUT2D eigenvalue weighted by molar-refractivity contribution is -0.140. The summed E-state index contributed by atoms with van der Waals surface area (Å²) in [5, 5.41) is 3.50. The second-order valence-electron chi connectivity index (χ2n) is 8.77. The van der Waals surface area contributed by atoms with Gasteiger partial charge >= 0.3 is 0 Å². The van der Waals surface area contributed by atoms with Crippen molar-refractivity contribution in [1.82, 2.24) is 9.80 Å². The number of benzene rings is 1. The van der Waals surface area contributed by atoms with Gasteiger partial charge < -0.3 is 4.90 Å². The Morgan fingerprint density at radius 1 is 0.897 bits per heavy atom. The van der Waals surface area contributed by atoms with Crippen molar-refractivity contribution in [2.75, 3.05) is 44.2 Å². The zero-order valence-corrected chi connectivity index (χ0v) is 17.2. The number of allylic oxidation sites excluding steroid dienone is 2. The molecule has 0 N–H and O–H groups in total. The standard InChI is InChI=1S/C23H25N3O2S/c27-22-20-15-4-5-16(14-15)21(20)23(28)26(22)12-9-24-7-10-25(11-8-24)18-2-1-3-19-17(18)6-13-29-19/h1-6,13,15-16,20-21H,7-12,14H2/t15-,16+,20+,21-. The van der Waals surface area contributed by atoms with E-state index in [4.69, 9.17) is 0 Å². The molecule has 5 nitrogen and oxygen atoms in total. The van der Waals surface area contributed by atoms with Gasteiger partial charge in [0.05, 0.1) is 11.8 Å². The first-order valence-corrected chi connectivity index (χ1v) is 11.6. The quantitative estimate of drug-likeness (QED) is 0.578. The summed E-state index contributed by atoms with van der Waals surface area (Å²) in [6.07, 6.45) is 5.32. The van der Waals surface area contributed by atoms with Gasteiger partial charge in [-0.1, -0.05) is 18.2 Å². The number of anilines is 1. The number of hydrogen-bond donors (Lipinski definition) is 0. The molecule has 2 saturated heterocycles. The third-order valence-electron chi connectivity index (χ3n) is 7.39. The third-order valence-corrected chi connectivity index (χ3v) is 8.27. The summed E-state index contributed by atoms with van der Waals surface area (Å²) in [5.74, 6) is 0.629. The van der Waals surface area contributed by atoms with E-state index in [0.29, 0.717) is 18.4 Å². The normalized spacial score (nSPS) is 31.4. The van der Waals surface area contributed by atoms with E-state index in [1.807, 2.05) is 0 Å². The van der Waals surface area contributed by atoms with Crippen LogP contribution in [0.25, 0.3) is 10.1 Å². The lowest BCUT2D eigenvalue weighted by atomic mass is 9.85. The van der Waals surface area contributed by atoms with Crippen LogP contribution >= 0.6 is 11.3 Å². The molecule has 0 unspecified atom stereocenters. The molecule has 6 rings (SSSR count). The second kappa shape index (κ2) is 6.67. The Bertz CT molecular complexity index is 976. The van der Waals surface area contributed by atoms with Gasteiger partial charge in [0.25, 0.3) is 0 Å². The van der Waals surface area contributed by atoms with Crippen molar-refractivity contribution in [2.45, 2.75) is 6.42 Å². The predicted molar refractivity (Wildman–Crippen MR) is 115 cm³/mol. The number of nitrogens with zero attached hydrogens (tertiary/aromatic N) is 3. The van der Waals surface area contributed by atoms with E-state index in [1.54, 1.807) is 16.2 Å². The molecule has 2 bridgehead atoms. The van der Waals surface area contributed by atoms with Crippen molar-refractivity contribution in [2.24, 2.45) is 23.7 Å². The summed E-state index contributed by atoms with van der Waals surface area (Å²) < 4.78 is 1.34. The fourth-order valence-electron chi connectivity index (χ4n) is 5.89. The maximum Gasteiger partial charge on any atom is 0.233 e. The molecule has 2 aliphatic carbocycles.